The van der Waals surface area contributed by atoms with Gasteiger partial charge in [-0.25, -0.2) is 0 Å². The molecular formula is C19H29NO3SSi. The predicted octanol–water partition coefficient (Wildman–Crippen LogP) is 4.22. The number of benzene rings is 1. The SMILES string of the molecule is CC(O[Si](C)(C)C(C)(C)C)[C@@H]1C(=O)N[C@@H]1CC(=O)Sc1ccccc1. The predicted molar refractivity (Wildman–Crippen MR) is 105 cm³/mol. The molecule has 25 heavy (non-hydrogen) atoms. The van der Waals surface area contributed by atoms with E-state index in [4.69, 9.17) is 4.43 Å². The van der Waals surface area contributed by atoms with Gasteiger partial charge in [-0.15, -0.1) is 0 Å². The monoisotopic (exact) mass is 379 g/mol. The van der Waals surface area contributed by atoms with Gasteiger partial charge < -0.3 is 9.74 Å². The largest absolute Gasteiger partial charge is 0.413 e. The summed E-state index contributed by atoms with van der Waals surface area (Å²) in [7, 11) is -1.94. The third-order valence-corrected chi connectivity index (χ3v) is 10.7. The number of β-lactam (4-membered cyclic amide) rings is 1. The molecule has 1 aromatic rings. The lowest BCUT2D eigenvalue weighted by atomic mass is 9.84. The van der Waals surface area contributed by atoms with Crippen molar-refractivity contribution in [2.75, 3.05) is 0 Å². The van der Waals surface area contributed by atoms with E-state index in [1.807, 2.05) is 37.3 Å². The number of rotatable bonds is 6. The maximum Gasteiger partial charge on any atom is 0.228 e. The van der Waals surface area contributed by atoms with E-state index in [9.17, 15) is 9.59 Å². The molecule has 1 heterocycles. The Morgan fingerprint density at radius 2 is 1.88 bits per heavy atom. The molecule has 0 aromatic heterocycles. The summed E-state index contributed by atoms with van der Waals surface area (Å²) in [5.41, 5.74) is 0. The van der Waals surface area contributed by atoms with Crippen LogP contribution in [0.5, 0.6) is 0 Å². The summed E-state index contributed by atoms with van der Waals surface area (Å²) < 4.78 is 6.37. The lowest BCUT2D eigenvalue weighted by Crippen LogP contribution is -2.64. The first-order chi connectivity index (χ1) is 11.5. The molecule has 3 atom stereocenters. The van der Waals surface area contributed by atoms with E-state index in [0.717, 1.165) is 4.90 Å². The minimum Gasteiger partial charge on any atom is -0.413 e. The van der Waals surface area contributed by atoms with Crippen LogP contribution in [-0.2, 0) is 14.0 Å². The molecule has 1 aromatic carbocycles. The highest BCUT2D eigenvalue weighted by atomic mass is 32.2. The smallest absolute Gasteiger partial charge is 0.228 e. The third-order valence-electron chi connectivity index (χ3n) is 5.22. The number of carbonyl (C=O) groups is 2. The van der Waals surface area contributed by atoms with Crippen molar-refractivity contribution in [2.45, 2.75) is 69.3 Å². The van der Waals surface area contributed by atoms with Crippen LogP contribution in [0.15, 0.2) is 35.2 Å². The molecular weight excluding hydrogens is 350 g/mol. The zero-order valence-electron chi connectivity index (χ0n) is 16.0. The second-order valence-corrected chi connectivity index (χ2v) is 14.1. The molecule has 1 N–H and O–H groups in total. The van der Waals surface area contributed by atoms with Crippen LogP contribution in [0.3, 0.4) is 0 Å². The summed E-state index contributed by atoms with van der Waals surface area (Å²) in [6.45, 7) is 12.9. The molecule has 0 bridgehead atoms. The van der Waals surface area contributed by atoms with Crippen molar-refractivity contribution in [1.82, 2.24) is 5.32 Å². The van der Waals surface area contributed by atoms with Gasteiger partial charge in [0.25, 0.3) is 0 Å². The first-order valence-electron chi connectivity index (χ1n) is 8.75. The van der Waals surface area contributed by atoms with Crippen molar-refractivity contribution in [2.24, 2.45) is 5.92 Å². The molecule has 0 spiro atoms. The average Bonchev–Trinajstić information content (AvgIpc) is 2.45. The molecule has 1 amide bonds. The number of nitrogens with one attached hydrogen (secondary N) is 1. The van der Waals surface area contributed by atoms with E-state index in [-0.39, 0.29) is 34.1 Å². The van der Waals surface area contributed by atoms with Crippen LogP contribution in [0.25, 0.3) is 0 Å². The highest BCUT2D eigenvalue weighted by Crippen LogP contribution is 2.39. The van der Waals surface area contributed by atoms with E-state index < -0.39 is 8.32 Å². The molecule has 6 heteroatoms. The second kappa shape index (κ2) is 7.64. The average molecular weight is 380 g/mol. The minimum absolute atomic E-state index is 0.00581. The summed E-state index contributed by atoms with van der Waals surface area (Å²) in [5.74, 6) is -0.247. The van der Waals surface area contributed by atoms with Crippen LogP contribution in [-0.4, -0.2) is 31.5 Å². The van der Waals surface area contributed by atoms with E-state index in [1.165, 1.54) is 11.8 Å². The minimum atomic E-state index is -1.94. The Bertz CT molecular complexity index is 627. The van der Waals surface area contributed by atoms with Gasteiger partial charge in [0.2, 0.25) is 5.91 Å². The van der Waals surface area contributed by atoms with Crippen LogP contribution >= 0.6 is 11.8 Å². The summed E-state index contributed by atoms with van der Waals surface area (Å²) in [6.07, 6.45) is 0.162. The second-order valence-electron chi connectivity index (χ2n) is 8.22. The first-order valence-corrected chi connectivity index (χ1v) is 12.5. The Kier molecular flexibility index (Phi) is 6.17. The molecule has 1 saturated heterocycles. The lowest BCUT2D eigenvalue weighted by molar-refractivity contribution is -0.140. The van der Waals surface area contributed by atoms with Gasteiger partial charge in [-0.1, -0.05) is 50.7 Å². The molecule has 2 rings (SSSR count). The standard InChI is InChI=1S/C19H29NO3SSi/c1-13(23-25(5,6)19(2,3)4)17-15(20-18(17)22)12-16(21)24-14-10-8-7-9-11-14/h7-11,13,15,17H,12H2,1-6H3,(H,20,22)/t13?,15-,17+/m1/s1. The molecule has 0 aliphatic carbocycles. The Balaban J connectivity index is 1.94. The summed E-state index contributed by atoms with van der Waals surface area (Å²) in [4.78, 5) is 25.3. The van der Waals surface area contributed by atoms with E-state index in [0.29, 0.717) is 6.42 Å². The molecule has 1 aliphatic rings. The number of carbonyl (C=O) groups excluding carboxylic acids is 2. The van der Waals surface area contributed by atoms with Crippen LogP contribution < -0.4 is 5.32 Å². The zero-order valence-corrected chi connectivity index (χ0v) is 17.8. The van der Waals surface area contributed by atoms with Crippen LogP contribution in [0.4, 0.5) is 0 Å². The number of hydrogen-bond acceptors (Lipinski definition) is 4. The highest BCUT2D eigenvalue weighted by Gasteiger charge is 2.47. The summed E-state index contributed by atoms with van der Waals surface area (Å²) in [6, 6.07) is 9.47. The number of hydrogen-bond donors (Lipinski definition) is 1. The Labute approximate surface area is 156 Å². The van der Waals surface area contributed by atoms with Gasteiger partial charge in [0.15, 0.2) is 13.4 Å². The topological polar surface area (TPSA) is 55.4 Å². The molecule has 4 nitrogen and oxygen atoms in total. The normalized spacial score (nSPS) is 22.1. The van der Waals surface area contributed by atoms with Crippen LogP contribution in [0.1, 0.15) is 34.1 Å². The summed E-state index contributed by atoms with van der Waals surface area (Å²) >= 11 is 1.23. The third kappa shape index (κ3) is 4.96. The Morgan fingerprint density at radius 3 is 2.40 bits per heavy atom. The van der Waals surface area contributed by atoms with Crippen molar-refractivity contribution in [1.29, 1.82) is 0 Å². The van der Waals surface area contributed by atoms with Gasteiger partial charge in [-0.05, 0) is 37.2 Å². The maximum atomic E-state index is 12.3. The Morgan fingerprint density at radius 1 is 1.28 bits per heavy atom. The van der Waals surface area contributed by atoms with Gasteiger partial charge in [0.05, 0.1) is 18.1 Å². The first kappa shape index (κ1) is 20.2. The zero-order chi connectivity index (χ0) is 18.8. The van der Waals surface area contributed by atoms with Crippen molar-refractivity contribution < 1.29 is 14.0 Å². The fraction of sp³-hybridized carbons (Fsp3) is 0.579. The maximum absolute atomic E-state index is 12.3. The summed E-state index contributed by atoms with van der Waals surface area (Å²) in [5, 5.41) is 3.04. The highest BCUT2D eigenvalue weighted by molar-refractivity contribution is 8.13. The number of amides is 1. The van der Waals surface area contributed by atoms with Crippen molar-refractivity contribution in [3.63, 3.8) is 0 Å². The van der Waals surface area contributed by atoms with E-state index in [1.54, 1.807) is 0 Å². The fourth-order valence-electron chi connectivity index (χ4n) is 2.73. The quantitative estimate of drug-likeness (QED) is 0.457. The molecule has 0 radical (unpaired) electrons. The molecule has 138 valence electrons. The Hall–Kier alpha value is -1.11. The van der Waals surface area contributed by atoms with Gasteiger partial charge >= 0.3 is 0 Å². The van der Waals surface area contributed by atoms with E-state index >= 15 is 0 Å². The van der Waals surface area contributed by atoms with Crippen LogP contribution in [0, 0.1) is 5.92 Å². The van der Waals surface area contributed by atoms with Crippen molar-refractivity contribution in [3.8, 4) is 0 Å². The van der Waals surface area contributed by atoms with Crippen molar-refractivity contribution >= 4 is 31.1 Å². The molecule has 0 saturated carbocycles. The van der Waals surface area contributed by atoms with Crippen molar-refractivity contribution in [3.05, 3.63) is 30.3 Å². The molecule has 1 unspecified atom stereocenters. The molecule has 1 fully saturated rings. The van der Waals surface area contributed by atoms with Gasteiger partial charge in [0.1, 0.15) is 0 Å². The van der Waals surface area contributed by atoms with Crippen LogP contribution in [0.2, 0.25) is 18.1 Å². The number of thioether (sulfide) groups is 1. The van der Waals surface area contributed by atoms with Gasteiger partial charge in [-0.3, -0.25) is 9.59 Å². The van der Waals surface area contributed by atoms with Gasteiger partial charge in [0, 0.05) is 11.3 Å². The fourth-order valence-corrected chi connectivity index (χ4v) is 4.98. The van der Waals surface area contributed by atoms with E-state index in [2.05, 4.69) is 39.2 Å². The lowest BCUT2D eigenvalue weighted by Gasteiger charge is -2.45. The van der Waals surface area contributed by atoms with Gasteiger partial charge in [-0.2, -0.15) is 0 Å². The molecule has 1 aliphatic heterocycles.